The number of piperidine rings is 1. The van der Waals surface area contributed by atoms with Crippen molar-refractivity contribution < 1.29 is 9.53 Å². The number of nitrogens with two attached hydrogens (primary N) is 1. The highest BCUT2D eigenvalue weighted by Crippen LogP contribution is 2.35. The van der Waals surface area contributed by atoms with Gasteiger partial charge in [0.1, 0.15) is 23.6 Å². The quantitative estimate of drug-likeness (QED) is 0.686. The Hall–Kier alpha value is -3.42. The van der Waals surface area contributed by atoms with Crippen molar-refractivity contribution in [3.05, 3.63) is 42.7 Å². The number of nitrogens with zero attached hydrogens (tertiary/aromatic N) is 5. The number of amides is 1. The van der Waals surface area contributed by atoms with Crippen molar-refractivity contribution >= 4 is 22.8 Å². The van der Waals surface area contributed by atoms with E-state index in [-0.39, 0.29) is 11.9 Å². The highest BCUT2D eigenvalue weighted by Gasteiger charge is 2.28. The molecule has 3 aromatic rings. The molecule has 1 amide bonds. The molecular formula is C21H24N6O2. The first-order valence-electron chi connectivity index (χ1n) is 9.58. The first kappa shape index (κ1) is 18.9. The van der Waals surface area contributed by atoms with E-state index in [1.165, 1.54) is 12.4 Å². The maximum absolute atomic E-state index is 12.1. The van der Waals surface area contributed by atoms with Gasteiger partial charge in [0.05, 0.1) is 18.5 Å². The van der Waals surface area contributed by atoms with Crippen molar-refractivity contribution in [2.75, 3.05) is 25.9 Å². The Bertz CT molecular complexity index is 1090. The van der Waals surface area contributed by atoms with E-state index in [1.807, 2.05) is 29.8 Å². The molecule has 0 spiro atoms. The summed E-state index contributed by atoms with van der Waals surface area (Å²) < 4.78 is 7.36. The van der Waals surface area contributed by atoms with Crippen LogP contribution in [0.5, 0.6) is 5.75 Å². The second-order valence-electron chi connectivity index (χ2n) is 7.22. The number of fused-ring (bicyclic) bond motifs is 1. The zero-order valence-corrected chi connectivity index (χ0v) is 16.6. The smallest absolute Gasteiger partial charge is 0.246 e. The zero-order chi connectivity index (χ0) is 20.5. The topological polar surface area (TPSA) is 99.2 Å². The first-order chi connectivity index (χ1) is 14.0. The largest absolute Gasteiger partial charge is 0.496 e. The van der Waals surface area contributed by atoms with Crippen LogP contribution in [0.4, 0.5) is 5.82 Å². The van der Waals surface area contributed by atoms with Crippen LogP contribution in [0.15, 0.2) is 37.2 Å². The Morgan fingerprint density at radius 3 is 2.97 bits per heavy atom. The van der Waals surface area contributed by atoms with Gasteiger partial charge in [-0.1, -0.05) is 18.7 Å². The highest BCUT2D eigenvalue weighted by molar-refractivity contribution is 5.98. The number of aromatic nitrogens is 4. The van der Waals surface area contributed by atoms with E-state index in [0.29, 0.717) is 29.1 Å². The third-order valence-corrected chi connectivity index (χ3v) is 5.43. The molecule has 1 atom stereocenters. The van der Waals surface area contributed by atoms with Crippen LogP contribution in [0, 0.1) is 6.92 Å². The SMILES string of the molecule is C=CC(=O)N1CCCC(n2nc(-c3ccc(C)c(OC)c3)c3c(N)ncnc32)C1. The minimum atomic E-state index is -0.0659. The summed E-state index contributed by atoms with van der Waals surface area (Å²) in [6.45, 7) is 6.87. The van der Waals surface area contributed by atoms with Crippen molar-refractivity contribution in [2.45, 2.75) is 25.8 Å². The molecule has 0 saturated carbocycles. The first-order valence-corrected chi connectivity index (χ1v) is 9.58. The number of hydrogen-bond acceptors (Lipinski definition) is 6. The number of anilines is 1. The lowest BCUT2D eigenvalue weighted by atomic mass is 10.1. The van der Waals surface area contributed by atoms with Gasteiger partial charge < -0.3 is 15.4 Å². The second kappa shape index (κ2) is 7.54. The molecule has 2 aromatic heterocycles. The molecule has 4 rings (SSSR count). The molecule has 0 aliphatic carbocycles. The third-order valence-electron chi connectivity index (χ3n) is 5.43. The lowest BCUT2D eigenvalue weighted by molar-refractivity contribution is -0.127. The predicted octanol–water partition coefficient (Wildman–Crippen LogP) is 2.74. The molecule has 1 aliphatic heterocycles. The minimum Gasteiger partial charge on any atom is -0.496 e. The third kappa shape index (κ3) is 3.30. The number of benzene rings is 1. The van der Waals surface area contributed by atoms with E-state index in [2.05, 4.69) is 16.5 Å². The summed E-state index contributed by atoms with van der Waals surface area (Å²) in [5.74, 6) is 1.09. The summed E-state index contributed by atoms with van der Waals surface area (Å²) in [6, 6.07) is 5.93. The normalized spacial score (nSPS) is 16.8. The van der Waals surface area contributed by atoms with Gasteiger partial charge >= 0.3 is 0 Å². The molecule has 1 fully saturated rings. The lowest BCUT2D eigenvalue weighted by Crippen LogP contribution is -2.40. The van der Waals surface area contributed by atoms with Gasteiger partial charge in [0.15, 0.2) is 5.65 Å². The predicted molar refractivity (Wildman–Crippen MR) is 112 cm³/mol. The van der Waals surface area contributed by atoms with Gasteiger partial charge in [0.25, 0.3) is 0 Å². The summed E-state index contributed by atoms with van der Waals surface area (Å²) in [6.07, 6.45) is 4.59. The van der Waals surface area contributed by atoms with Gasteiger partial charge in [0, 0.05) is 18.7 Å². The van der Waals surface area contributed by atoms with Crippen molar-refractivity contribution in [2.24, 2.45) is 0 Å². The fraction of sp³-hybridized carbons (Fsp3) is 0.333. The Morgan fingerprint density at radius 1 is 1.38 bits per heavy atom. The molecule has 1 aliphatic rings. The average Bonchev–Trinajstić information content (AvgIpc) is 3.14. The van der Waals surface area contributed by atoms with Crippen LogP contribution < -0.4 is 10.5 Å². The number of hydrogen-bond donors (Lipinski definition) is 1. The van der Waals surface area contributed by atoms with Crippen molar-refractivity contribution in [3.8, 4) is 17.0 Å². The van der Waals surface area contributed by atoms with Crippen molar-refractivity contribution in [3.63, 3.8) is 0 Å². The van der Waals surface area contributed by atoms with Crippen LogP contribution in [0.3, 0.4) is 0 Å². The summed E-state index contributed by atoms with van der Waals surface area (Å²) in [4.78, 5) is 22.5. The molecule has 8 heteroatoms. The summed E-state index contributed by atoms with van der Waals surface area (Å²) in [5, 5.41) is 5.60. The maximum atomic E-state index is 12.1. The number of nitrogen functional groups attached to an aromatic ring is 1. The standard InChI is InChI=1S/C21H24N6O2/c1-4-17(28)26-9-5-6-15(11-26)27-21-18(20(22)23-12-24-21)19(25-27)14-8-7-13(2)16(10-14)29-3/h4,7-8,10,12,15H,1,5-6,9,11H2,2-3H3,(H2,22,23,24). The second-order valence-corrected chi connectivity index (χ2v) is 7.22. The van der Waals surface area contributed by atoms with Crippen molar-refractivity contribution in [1.82, 2.24) is 24.6 Å². The zero-order valence-electron chi connectivity index (χ0n) is 16.6. The van der Waals surface area contributed by atoms with Crippen LogP contribution in [0.1, 0.15) is 24.4 Å². The molecule has 1 aromatic carbocycles. The van der Waals surface area contributed by atoms with Gasteiger partial charge in [-0.2, -0.15) is 5.10 Å². The molecule has 150 valence electrons. The molecule has 0 radical (unpaired) electrons. The molecular weight excluding hydrogens is 368 g/mol. The van der Waals surface area contributed by atoms with E-state index in [0.717, 1.165) is 36.3 Å². The van der Waals surface area contributed by atoms with Gasteiger partial charge in [-0.05, 0) is 37.5 Å². The lowest BCUT2D eigenvalue weighted by Gasteiger charge is -2.32. The molecule has 2 N–H and O–H groups in total. The van der Waals surface area contributed by atoms with Crippen LogP contribution in [-0.4, -0.2) is 50.8 Å². The minimum absolute atomic E-state index is 0.00513. The fourth-order valence-corrected chi connectivity index (χ4v) is 3.90. The Labute approximate surface area is 169 Å². The number of aryl methyl sites for hydroxylation is 1. The summed E-state index contributed by atoms with van der Waals surface area (Å²) in [7, 11) is 1.65. The molecule has 1 unspecified atom stereocenters. The van der Waals surface area contributed by atoms with Crippen LogP contribution >= 0.6 is 0 Å². The van der Waals surface area contributed by atoms with E-state index >= 15 is 0 Å². The number of methoxy groups -OCH3 is 1. The van der Waals surface area contributed by atoms with Gasteiger partial charge in [-0.25, -0.2) is 14.6 Å². The van der Waals surface area contributed by atoms with Gasteiger partial charge in [-0.15, -0.1) is 0 Å². The Morgan fingerprint density at radius 2 is 2.21 bits per heavy atom. The van der Waals surface area contributed by atoms with E-state index in [9.17, 15) is 4.79 Å². The summed E-state index contributed by atoms with van der Waals surface area (Å²) in [5.41, 5.74) is 9.52. The summed E-state index contributed by atoms with van der Waals surface area (Å²) >= 11 is 0. The van der Waals surface area contributed by atoms with E-state index in [4.69, 9.17) is 15.6 Å². The van der Waals surface area contributed by atoms with Crippen molar-refractivity contribution in [1.29, 1.82) is 0 Å². The van der Waals surface area contributed by atoms with Crippen LogP contribution in [0.2, 0.25) is 0 Å². The average molecular weight is 392 g/mol. The van der Waals surface area contributed by atoms with Gasteiger partial charge in [0.2, 0.25) is 5.91 Å². The van der Waals surface area contributed by atoms with E-state index < -0.39 is 0 Å². The number of likely N-dealkylation sites (tertiary alicyclic amines) is 1. The van der Waals surface area contributed by atoms with Gasteiger partial charge in [-0.3, -0.25) is 4.79 Å². The van der Waals surface area contributed by atoms with E-state index in [1.54, 1.807) is 12.0 Å². The Balaban J connectivity index is 1.84. The fourth-order valence-electron chi connectivity index (χ4n) is 3.90. The molecule has 0 bridgehead atoms. The number of carbonyl (C=O) groups is 1. The number of ether oxygens (including phenoxy) is 1. The maximum Gasteiger partial charge on any atom is 0.246 e. The molecule has 29 heavy (non-hydrogen) atoms. The number of carbonyl (C=O) groups excluding carboxylic acids is 1. The molecule has 1 saturated heterocycles. The number of rotatable bonds is 4. The Kier molecular flexibility index (Phi) is 4.92. The molecule has 3 heterocycles. The molecule has 8 nitrogen and oxygen atoms in total. The van der Waals surface area contributed by atoms with Crippen LogP contribution in [-0.2, 0) is 4.79 Å². The monoisotopic (exact) mass is 392 g/mol. The van der Waals surface area contributed by atoms with Crippen LogP contribution in [0.25, 0.3) is 22.3 Å². The highest BCUT2D eigenvalue weighted by atomic mass is 16.5.